The number of nitrogens with zero attached hydrogens (tertiary/aromatic N) is 3. The molecule has 242 valence electrons. The molecule has 2 aromatic carbocycles. The Morgan fingerprint density at radius 2 is 1.43 bits per heavy atom. The molecular weight excluding hydrogens is 582 g/mol. The van der Waals surface area contributed by atoms with Crippen LogP contribution in [0.2, 0.25) is 5.04 Å². The lowest BCUT2D eigenvalue weighted by Crippen LogP contribution is -2.68. The maximum absolute atomic E-state index is 8.32. The molecule has 2 aromatic rings. The largest absolute Gasteiger partial charge is 0.405 e. The molecule has 0 unspecified atom stereocenters. The van der Waals surface area contributed by atoms with Crippen LogP contribution in [0.1, 0.15) is 34.6 Å². The topological polar surface area (TPSA) is 123 Å². The molecule has 11 nitrogen and oxygen atoms in total. The second kappa shape index (κ2) is 15.8. The average Bonchev–Trinajstić information content (AvgIpc) is 3.33. The first kappa shape index (κ1) is 34.5. The summed E-state index contributed by atoms with van der Waals surface area (Å²) in [6.45, 7) is 12.9. The number of hydrogen-bond acceptors (Lipinski definition) is 9. The predicted octanol–water partition coefficient (Wildman–Crippen LogP) is 4.18. The van der Waals surface area contributed by atoms with Crippen molar-refractivity contribution in [2.75, 3.05) is 53.3 Å². The van der Waals surface area contributed by atoms with Crippen molar-refractivity contribution in [3.05, 3.63) is 71.1 Å². The molecule has 5 atom stereocenters. The van der Waals surface area contributed by atoms with E-state index in [0.717, 1.165) is 0 Å². The number of fused-ring (bicyclic) bond motifs is 1. The number of hydrogen-bond donors (Lipinski definition) is 0. The lowest BCUT2D eigenvalue weighted by Gasteiger charge is -2.46. The van der Waals surface area contributed by atoms with Crippen LogP contribution in [0.3, 0.4) is 0 Å². The van der Waals surface area contributed by atoms with Crippen LogP contribution in [0, 0.1) is 0 Å². The minimum absolute atomic E-state index is 0.190. The first-order valence-corrected chi connectivity index (χ1v) is 17.1. The van der Waals surface area contributed by atoms with Gasteiger partial charge in [-0.3, -0.25) is 0 Å². The molecule has 2 heterocycles. The Morgan fingerprint density at radius 3 is 2.00 bits per heavy atom. The van der Waals surface area contributed by atoms with E-state index in [2.05, 4.69) is 79.3 Å². The van der Waals surface area contributed by atoms with Gasteiger partial charge in [0.25, 0.3) is 8.32 Å². The fourth-order valence-electron chi connectivity index (χ4n) is 6.04. The lowest BCUT2D eigenvalue weighted by atomic mass is 9.99. The van der Waals surface area contributed by atoms with E-state index in [1.165, 1.54) is 10.4 Å². The summed E-state index contributed by atoms with van der Waals surface area (Å²) in [5.74, 6) is -0.825. The van der Waals surface area contributed by atoms with Crippen molar-refractivity contribution >= 4 is 18.7 Å². The van der Waals surface area contributed by atoms with Gasteiger partial charge in [0.05, 0.1) is 39.6 Å². The van der Waals surface area contributed by atoms with E-state index >= 15 is 0 Å². The van der Waals surface area contributed by atoms with Crippen LogP contribution in [0.4, 0.5) is 0 Å². The molecule has 0 aromatic heterocycles. The molecule has 2 fully saturated rings. The van der Waals surface area contributed by atoms with Crippen molar-refractivity contribution in [3.8, 4) is 0 Å². The minimum Gasteiger partial charge on any atom is -0.405 e. The molecule has 0 amide bonds. The van der Waals surface area contributed by atoms with E-state index in [1.807, 2.05) is 26.0 Å². The van der Waals surface area contributed by atoms with E-state index < -0.39 is 44.8 Å². The van der Waals surface area contributed by atoms with Crippen LogP contribution in [0.5, 0.6) is 0 Å². The van der Waals surface area contributed by atoms with Gasteiger partial charge in [-0.2, -0.15) is 0 Å². The molecule has 0 radical (unpaired) electrons. The smallest absolute Gasteiger partial charge is 0.261 e. The summed E-state index contributed by atoms with van der Waals surface area (Å²) >= 11 is 0. The monoisotopic (exact) mass is 629 g/mol. The van der Waals surface area contributed by atoms with E-state index in [9.17, 15) is 0 Å². The molecule has 0 saturated carbocycles. The molecule has 0 N–H and O–H groups in total. The highest BCUT2D eigenvalue weighted by Gasteiger charge is 2.57. The van der Waals surface area contributed by atoms with Gasteiger partial charge < -0.3 is 37.6 Å². The number of rotatable bonds is 16. The Labute approximate surface area is 261 Å². The van der Waals surface area contributed by atoms with Crippen molar-refractivity contribution in [1.29, 1.82) is 0 Å². The summed E-state index contributed by atoms with van der Waals surface area (Å²) in [5.41, 5.74) is 8.32. The van der Waals surface area contributed by atoms with Gasteiger partial charge in [0.15, 0.2) is 12.1 Å². The Balaban J connectivity index is 1.49. The van der Waals surface area contributed by atoms with Crippen molar-refractivity contribution < 1.29 is 37.6 Å². The summed E-state index contributed by atoms with van der Waals surface area (Å²) in [7, 11) is -1.15. The van der Waals surface area contributed by atoms with E-state index in [4.69, 9.17) is 43.1 Å². The first-order valence-electron chi connectivity index (χ1n) is 15.2. The van der Waals surface area contributed by atoms with Gasteiger partial charge in [-0.05, 0) is 34.8 Å². The fraction of sp³-hybridized carbons (Fsp3) is 0.625. The van der Waals surface area contributed by atoms with E-state index in [1.54, 1.807) is 7.11 Å². The highest BCUT2D eigenvalue weighted by atomic mass is 28.4. The Hall–Kier alpha value is -2.35. The summed E-state index contributed by atoms with van der Waals surface area (Å²) in [6, 6.07) is 21.0. The number of ether oxygens (including phenoxy) is 7. The molecule has 44 heavy (non-hydrogen) atoms. The Bertz CT molecular complexity index is 1150. The SMILES string of the molecule is CO[C@H]1[C@@H]2OC(C)(C)O[C@@H]2[C@@H](OCCOCCOCCN=[N+]=[N-])O[C@@H]1CO[Si](c1ccccc1)(c1ccccc1)C(C)(C)C. The van der Waals surface area contributed by atoms with Crippen molar-refractivity contribution in [1.82, 2.24) is 0 Å². The van der Waals surface area contributed by atoms with Gasteiger partial charge in [-0.25, -0.2) is 0 Å². The molecule has 0 aliphatic carbocycles. The molecule has 2 aliphatic heterocycles. The lowest BCUT2D eigenvalue weighted by molar-refractivity contribution is -0.284. The van der Waals surface area contributed by atoms with Crippen LogP contribution in [0.25, 0.3) is 10.4 Å². The van der Waals surface area contributed by atoms with Crippen molar-refractivity contribution in [2.45, 2.75) is 76.1 Å². The quantitative estimate of drug-likeness (QED) is 0.0891. The maximum Gasteiger partial charge on any atom is 0.261 e. The second-order valence-electron chi connectivity index (χ2n) is 12.3. The molecule has 12 heteroatoms. The van der Waals surface area contributed by atoms with Gasteiger partial charge in [0.2, 0.25) is 0 Å². The van der Waals surface area contributed by atoms with E-state index in [0.29, 0.717) is 33.0 Å². The summed E-state index contributed by atoms with van der Waals surface area (Å²) < 4.78 is 49.6. The first-order chi connectivity index (χ1) is 21.1. The highest BCUT2D eigenvalue weighted by molar-refractivity contribution is 6.99. The molecule has 0 bridgehead atoms. The van der Waals surface area contributed by atoms with Crippen molar-refractivity contribution in [3.63, 3.8) is 0 Å². The van der Waals surface area contributed by atoms with Crippen LogP contribution < -0.4 is 10.4 Å². The number of azide groups is 1. The summed E-state index contributed by atoms with van der Waals surface area (Å²) in [5, 5.41) is 5.63. The zero-order valence-corrected chi connectivity index (χ0v) is 27.7. The Morgan fingerprint density at radius 1 is 0.864 bits per heavy atom. The summed E-state index contributed by atoms with van der Waals surface area (Å²) in [4.78, 5) is 2.70. The molecule has 0 spiro atoms. The summed E-state index contributed by atoms with van der Waals surface area (Å²) in [6.07, 6.45) is -2.51. The minimum atomic E-state index is -2.82. The third-order valence-corrected chi connectivity index (χ3v) is 12.9. The fourth-order valence-corrected chi connectivity index (χ4v) is 10.6. The van der Waals surface area contributed by atoms with Gasteiger partial charge >= 0.3 is 0 Å². The normalized spacial score (nSPS) is 24.9. The van der Waals surface area contributed by atoms with E-state index in [-0.39, 0.29) is 18.3 Å². The molecular formula is C32H47N3O8Si. The van der Waals surface area contributed by atoms with Crippen LogP contribution in [-0.4, -0.2) is 98.1 Å². The number of benzene rings is 2. The zero-order chi connectivity index (χ0) is 31.6. The maximum atomic E-state index is 8.32. The third kappa shape index (κ3) is 8.26. The second-order valence-corrected chi connectivity index (χ2v) is 16.6. The van der Waals surface area contributed by atoms with Crippen LogP contribution in [0.15, 0.2) is 65.8 Å². The molecule has 2 aliphatic rings. The molecule has 4 rings (SSSR count). The number of methoxy groups -OCH3 is 1. The van der Waals surface area contributed by atoms with Crippen LogP contribution >= 0.6 is 0 Å². The average molecular weight is 630 g/mol. The van der Waals surface area contributed by atoms with Gasteiger partial charge in [0.1, 0.15) is 24.4 Å². The standard InChI is InChI=1S/C32H47N3O8Si/c1-31(2,3)44(24-13-9-7-10-14-24,25-15-11-8-12-16-25)40-23-26-27(36-6)28-29(43-32(4,5)42-28)30(41-26)39-22-21-38-20-19-37-18-17-34-35-33/h7-16,26-30H,17-23H2,1-6H3/t26-,27-,28+,29+,30+/m1/s1. The zero-order valence-electron chi connectivity index (χ0n) is 26.7. The highest BCUT2D eigenvalue weighted by Crippen LogP contribution is 2.41. The predicted molar refractivity (Wildman–Crippen MR) is 168 cm³/mol. The van der Waals surface area contributed by atoms with Gasteiger partial charge in [-0.1, -0.05) is 86.5 Å². The van der Waals surface area contributed by atoms with Crippen LogP contribution in [-0.2, 0) is 37.6 Å². The van der Waals surface area contributed by atoms with Gasteiger partial charge in [-0.15, -0.1) is 0 Å². The Kier molecular flexibility index (Phi) is 12.4. The third-order valence-electron chi connectivity index (χ3n) is 7.86. The van der Waals surface area contributed by atoms with Gasteiger partial charge in [0, 0.05) is 18.6 Å². The van der Waals surface area contributed by atoms with Crippen molar-refractivity contribution in [2.24, 2.45) is 5.11 Å². The molecule has 2 saturated heterocycles.